The molecule has 0 saturated heterocycles. The number of alkyl halides is 5. The zero-order chi connectivity index (χ0) is 12.5. The summed E-state index contributed by atoms with van der Waals surface area (Å²) in [4.78, 5) is 3.33. The van der Waals surface area contributed by atoms with Crippen molar-refractivity contribution in [2.24, 2.45) is 0 Å². The van der Waals surface area contributed by atoms with Crippen LogP contribution in [0, 0.1) is 3.57 Å². The maximum Gasteiger partial charge on any atom is 0.573 e. The van der Waals surface area contributed by atoms with E-state index >= 15 is 0 Å². The van der Waals surface area contributed by atoms with Crippen LogP contribution in [0.3, 0.4) is 0 Å². The van der Waals surface area contributed by atoms with E-state index in [9.17, 15) is 22.0 Å². The molecule has 0 fully saturated rings. The second-order valence-corrected chi connectivity index (χ2v) is 3.67. The fraction of sp³-hybridized carbons (Fsp3) is 0.286. The molecule has 1 heterocycles. The highest BCUT2D eigenvalue weighted by molar-refractivity contribution is 14.1. The summed E-state index contributed by atoms with van der Waals surface area (Å²) in [6.45, 7) is 0. The first-order valence-corrected chi connectivity index (χ1v) is 4.78. The van der Waals surface area contributed by atoms with Crippen LogP contribution in [0.1, 0.15) is 12.0 Å². The molecule has 1 rings (SSSR count). The van der Waals surface area contributed by atoms with E-state index in [-0.39, 0.29) is 9.39 Å². The van der Waals surface area contributed by atoms with Crippen molar-refractivity contribution in [1.82, 2.24) is 4.98 Å². The molecular formula is C7H4F5IN2O. The maximum atomic E-state index is 12.4. The molecule has 0 spiro atoms. The third-order valence-electron chi connectivity index (χ3n) is 1.48. The highest BCUT2D eigenvalue weighted by Crippen LogP contribution is 2.37. The molecule has 2 N–H and O–H groups in total. The lowest BCUT2D eigenvalue weighted by Gasteiger charge is -2.14. The highest BCUT2D eigenvalue weighted by Gasteiger charge is 2.35. The number of hydrogen-bond donors (Lipinski definition) is 1. The standard InChI is InChI=1S/C7H4F5IN2O/c8-5(9)2-1-15-6(14)3(13)4(2)16-7(10,11)12/h1,5H,(H2,14,15). The minimum absolute atomic E-state index is 0.298. The van der Waals surface area contributed by atoms with Gasteiger partial charge in [-0.05, 0) is 22.6 Å². The Labute approximate surface area is 99.9 Å². The van der Waals surface area contributed by atoms with Gasteiger partial charge in [0, 0.05) is 6.20 Å². The minimum Gasteiger partial charge on any atom is -0.404 e. The summed E-state index contributed by atoms with van der Waals surface area (Å²) in [6.07, 6.45) is -7.63. The van der Waals surface area contributed by atoms with E-state index in [0.717, 1.165) is 0 Å². The maximum absolute atomic E-state index is 12.4. The summed E-state index contributed by atoms with van der Waals surface area (Å²) in [6, 6.07) is 0. The van der Waals surface area contributed by atoms with Gasteiger partial charge in [-0.1, -0.05) is 0 Å². The Hall–Kier alpha value is -0.870. The van der Waals surface area contributed by atoms with Crippen LogP contribution in [0.25, 0.3) is 0 Å². The van der Waals surface area contributed by atoms with Crippen molar-refractivity contribution in [2.45, 2.75) is 12.8 Å². The van der Waals surface area contributed by atoms with Crippen molar-refractivity contribution in [2.75, 3.05) is 5.73 Å². The summed E-state index contributed by atoms with van der Waals surface area (Å²) in [7, 11) is 0. The van der Waals surface area contributed by atoms with Gasteiger partial charge < -0.3 is 10.5 Å². The number of pyridine rings is 1. The average Bonchev–Trinajstić information content (AvgIpc) is 2.10. The van der Waals surface area contributed by atoms with Crippen LogP contribution in [-0.2, 0) is 0 Å². The first-order valence-electron chi connectivity index (χ1n) is 3.70. The van der Waals surface area contributed by atoms with E-state index in [1.54, 1.807) is 0 Å². The second kappa shape index (κ2) is 4.55. The SMILES string of the molecule is Nc1ncc(C(F)F)c(OC(F)(F)F)c1I. The normalized spacial score (nSPS) is 11.9. The summed E-state index contributed by atoms with van der Waals surface area (Å²) < 4.78 is 63.9. The first kappa shape index (κ1) is 13.2. The molecule has 0 amide bonds. The smallest absolute Gasteiger partial charge is 0.404 e. The molecule has 0 saturated carbocycles. The third-order valence-corrected chi connectivity index (χ3v) is 2.52. The Morgan fingerprint density at radius 1 is 1.38 bits per heavy atom. The van der Waals surface area contributed by atoms with Gasteiger partial charge in [-0.25, -0.2) is 13.8 Å². The van der Waals surface area contributed by atoms with Crippen molar-refractivity contribution in [3.05, 3.63) is 15.3 Å². The van der Waals surface area contributed by atoms with E-state index in [1.165, 1.54) is 22.6 Å². The number of nitrogen functional groups attached to an aromatic ring is 1. The van der Waals surface area contributed by atoms with E-state index in [2.05, 4.69) is 9.72 Å². The molecule has 0 radical (unpaired) electrons. The predicted molar refractivity (Wildman–Crippen MR) is 53.0 cm³/mol. The van der Waals surface area contributed by atoms with Gasteiger partial charge in [0.05, 0.1) is 9.13 Å². The number of anilines is 1. The molecule has 0 atom stereocenters. The molecule has 16 heavy (non-hydrogen) atoms. The van der Waals surface area contributed by atoms with Gasteiger partial charge in [0.15, 0.2) is 5.75 Å². The fourth-order valence-electron chi connectivity index (χ4n) is 0.872. The van der Waals surface area contributed by atoms with Crippen LogP contribution in [0.15, 0.2) is 6.20 Å². The van der Waals surface area contributed by atoms with Crippen molar-refractivity contribution >= 4 is 28.4 Å². The lowest BCUT2D eigenvalue weighted by atomic mass is 10.2. The minimum atomic E-state index is -5.06. The van der Waals surface area contributed by atoms with Gasteiger partial charge in [0.25, 0.3) is 6.43 Å². The molecule has 0 aliphatic carbocycles. The predicted octanol–water partition coefficient (Wildman–Crippen LogP) is 3.10. The number of hydrogen-bond acceptors (Lipinski definition) is 3. The molecule has 0 unspecified atom stereocenters. The Morgan fingerprint density at radius 2 is 1.94 bits per heavy atom. The topological polar surface area (TPSA) is 48.1 Å². The van der Waals surface area contributed by atoms with Gasteiger partial charge in [-0.15, -0.1) is 13.2 Å². The van der Waals surface area contributed by atoms with Crippen molar-refractivity contribution in [3.8, 4) is 5.75 Å². The Bertz CT molecular complexity index is 395. The molecule has 1 aromatic heterocycles. The summed E-state index contributed by atoms with van der Waals surface area (Å²) in [5.74, 6) is -1.31. The summed E-state index contributed by atoms with van der Waals surface area (Å²) >= 11 is 1.36. The van der Waals surface area contributed by atoms with Crippen LogP contribution in [0.5, 0.6) is 5.75 Å². The third kappa shape index (κ3) is 3.06. The first-order chi connectivity index (χ1) is 7.22. The Kier molecular flexibility index (Phi) is 3.76. The van der Waals surface area contributed by atoms with Gasteiger partial charge in [-0.2, -0.15) is 0 Å². The molecule has 0 aromatic carbocycles. The fourth-order valence-corrected chi connectivity index (χ4v) is 1.43. The summed E-state index contributed by atoms with van der Waals surface area (Å²) in [5, 5.41) is 0. The molecule has 0 aliphatic heterocycles. The van der Waals surface area contributed by atoms with Crippen LogP contribution < -0.4 is 10.5 Å². The van der Waals surface area contributed by atoms with E-state index < -0.39 is 24.1 Å². The number of nitrogens with two attached hydrogens (primary N) is 1. The van der Waals surface area contributed by atoms with Gasteiger partial charge >= 0.3 is 6.36 Å². The van der Waals surface area contributed by atoms with Crippen molar-refractivity contribution in [1.29, 1.82) is 0 Å². The van der Waals surface area contributed by atoms with Crippen molar-refractivity contribution < 1.29 is 26.7 Å². The van der Waals surface area contributed by atoms with E-state index in [0.29, 0.717) is 6.20 Å². The number of ether oxygens (including phenoxy) is 1. The molecule has 9 heteroatoms. The highest BCUT2D eigenvalue weighted by atomic mass is 127. The van der Waals surface area contributed by atoms with Gasteiger partial charge in [-0.3, -0.25) is 0 Å². The molecule has 0 bridgehead atoms. The molecule has 3 nitrogen and oxygen atoms in total. The number of aromatic nitrogens is 1. The van der Waals surface area contributed by atoms with Crippen LogP contribution in [-0.4, -0.2) is 11.3 Å². The van der Waals surface area contributed by atoms with E-state index in [1.807, 2.05) is 0 Å². The van der Waals surface area contributed by atoms with E-state index in [4.69, 9.17) is 5.73 Å². The second-order valence-electron chi connectivity index (χ2n) is 2.59. The van der Waals surface area contributed by atoms with Crippen LogP contribution in [0.4, 0.5) is 27.8 Å². The monoisotopic (exact) mass is 354 g/mol. The number of rotatable bonds is 2. The number of nitrogens with zero attached hydrogens (tertiary/aromatic N) is 1. The Morgan fingerprint density at radius 3 is 2.38 bits per heavy atom. The largest absolute Gasteiger partial charge is 0.573 e. The summed E-state index contributed by atoms with van der Waals surface area (Å²) in [5.41, 5.74) is 4.25. The molecular weight excluding hydrogens is 350 g/mol. The zero-order valence-corrected chi connectivity index (χ0v) is 9.51. The Balaban J connectivity index is 3.26. The van der Waals surface area contributed by atoms with Crippen molar-refractivity contribution in [3.63, 3.8) is 0 Å². The molecule has 90 valence electrons. The van der Waals surface area contributed by atoms with Crippen LogP contribution in [0.2, 0.25) is 0 Å². The van der Waals surface area contributed by atoms with Gasteiger partial charge in [0.1, 0.15) is 5.82 Å². The van der Waals surface area contributed by atoms with Gasteiger partial charge in [0.2, 0.25) is 0 Å². The molecule has 1 aromatic rings. The van der Waals surface area contributed by atoms with Crippen LogP contribution >= 0.6 is 22.6 Å². The quantitative estimate of drug-likeness (QED) is 0.656. The average molecular weight is 354 g/mol. The lowest BCUT2D eigenvalue weighted by Crippen LogP contribution is -2.19. The number of halogens is 6. The zero-order valence-electron chi connectivity index (χ0n) is 7.36. The lowest BCUT2D eigenvalue weighted by molar-refractivity contribution is -0.275. The molecule has 0 aliphatic rings.